The summed E-state index contributed by atoms with van der Waals surface area (Å²) in [5.74, 6) is -1.80. The fourth-order valence-electron chi connectivity index (χ4n) is 6.27. The van der Waals surface area contributed by atoms with E-state index in [0.717, 1.165) is 83.5 Å². The Hall–Kier alpha value is -2.59. The molecule has 0 aliphatic rings. The number of carboxylic acids is 1. The second-order valence-electron chi connectivity index (χ2n) is 15.9. The van der Waals surface area contributed by atoms with Crippen molar-refractivity contribution in [2.75, 3.05) is 26.4 Å². The fourth-order valence-corrected chi connectivity index (χ4v) is 7.05. The van der Waals surface area contributed by atoms with Crippen LogP contribution in [0.1, 0.15) is 194 Å². The summed E-state index contributed by atoms with van der Waals surface area (Å²) in [6.07, 6.45) is 56.7. The molecule has 0 aliphatic heterocycles. The number of hydrogen-bond donors (Lipinski definition) is 3. The average molecular weight is 878 g/mol. The normalized spacial score (nSPS) is 14.4. The first-order chi connectivity index (χ1) is 29.7. The monoisotopic (exact) mass is 878 g/mol. The van der Waals surface area contributed by atoms with Gasteiger partial charge in [-0.2, -0.15) is 0 Å². The topological polar surface area (TPSA) is 155 Å². The highest BCUT2D eigenvalue weighted by molar-refractivity contribution is 7.47. The second kappa shape index (κ2) is 45.4. The lowest BCUT2D eigenvalue weighted by Crippen LogP contribution is -2.34. The number of carboxylic acid groups (broad SMARTS) is 1. The van der Waals surface area contributed by atoms with Crippen LogP contribution in [0.25, 0.3) is 0 Å². The largest absolute Gasteiger partial charge is 0.480 e. The van der Waals surface area contributed by atoms with Crippen molar-refractivity contribution in [3.8, 4) is 0 Å². The summed E-state index contributed by atoms with van der Waals surface area (Å²) in [5, 5.41) is 8.92. The summed E-state index contributed by atoms with van der Waals surface area (Å²) in [6, 6.07) is -1.48. The van der Waals surface area contributed by atoms with Gasteiger partial charge in [-0.05, 0) is 83.5 Å². The number of nitrogens with two attached hydrogens (primary N) is 1. The summed E-state index contributed by atoms with van der Waals surface area (Å²) in [4.78, 5) is 33.6. The molecular formula is C50H88NO9P. The van der Waals surface area contributed by atoms with Crippen molar-refractivity contribution in [1.82, 2.24) is 0 Å². The van der Waals surface area contributed by atoms with Crippen LogP contribution in [0.5, 0.6) is 0 Å². The summed E-state index contributed by atoms with van der Waals surface area (Å²) in [7, 11) is -4.63. The van der Waals surface area contributed by atoms with Crippen molar-refractivity contribution >= 4 is 19.8 Å². The molecule has 0 heterocycles. The highest BCUT2D eigenvalue weighted by atomic mass is 31.2. The van der Waals surface area contributed by atoms with E-state index in [9.17, 15) is 19.0 Å². The minimum Gasteiger partial charge on any atom is -0.480 e. The Morgan fingerprint density at radius 1 is 0.541 bits per heavy atom. The first-order valence-electron chi connectivity index (χ1n) is 24.0. The molecule has 0 aromatic heterocycles. The first kappa shape index (κ1) is 58.4. The highest BCUT2D eigenvalue weighted by Gasteiger charge is 2.27. The van der Waals surface area contributed by atoms with Gasteiger partial charge in [-0.25, -0.2) is 4.57 Å². The van der Waals surface area contributed by atoms with Gasteiger partial charge in [0.1, 0.15) is 12.1 Å². The predicted molar refractivity (Wildman–Crippen MR) is 254 cm³/mol. The number of phosphoric acid groups is 1. The molecule has 0 saturated heterocycles. The van der Waals surface area contributed by atoms with Gasteiger partial charge in [0.15, 0.2) is 0 Å². The molecule has 0 fully saturated rings. The molecule has 0 saturated carbocycles. The van der Waals surface area contributed by atoms with Crippen LogP contribution in [0.4, 0.5) is 0 Å². The Morgan fingerprint density at radius 3 is 1.43 bits per heavy atom. The number of phosphoric ester groups is 1. The quantitative estimate of drug-likeness (QED) is 0.0233. The van der Waals surface area contributed by atoms with E-state index in [4.69, 9.17) is 29.4 Å². The number of esters is 1. The van der Waals surface area contributed by atoms with Gasteiger partial charge >= 0.3 is 19.8 Å². The van der Waals surface area contributed by atoms with Crippen molar-refractivity contribution < 1.29 is 42.7 Å². The van der Waals surface area contributed by atoms with E-state index < -0.39 is 45.1 Å². The minimum absolute atomic E-state index is 0.00251. The van der Waals surface area contributed by atoms with Gasteiger partial charge in [0.2, 0.25) is 0 Å². The first-order valence-corrected chi connectivity index (χ1v) is 25.5. The van der Waals surface area contributed by atoms with Crippen molar-refractivity contribution in [1.29, 1.82) is 0 Å². The third-order valence-electron chi connectivity index (χ3n) is 9.97. The molecule has 4 N–H and O–H groups in total. The number of unbranched alkanes of at least 4 members (excludes halogenated alkanes) is 19. The van der Waals surface area contributed by atoms with E-state index in [1.165, 1.54) is 83.5 Å². The maximum atomic E-state index is 12.7. The van der Waals surface area contributed by atoms with Gasteiger partial charge in [-0.15, -0.1) is 0 Å². The van der Waals surface area contributed by atoms with E-state index in [2.05, 4.69) is 86.8 Å². The zero-order valence-corrected chi connectivity index (χ0v) is 39.4. The molecule has 61 heavy (non-hydrogen) atoms. The molecule has 352 valence electrons. The Morgan fingerprint density at radius 2 is 0.951 bits per heavy atom. The zero-order chi connectivity index (χ0) is 44.8. The standard InChI is InChI=1S/C50H88NO9P/c1-3-5-7-9-11-13-15-17-19-21-22-23-24-25-27-29-31-33-35-37-39-41-43-57-44-47(45-58-61(55,56)59-46-48(51)50(53)54)60-49(52)42-40-38-36-34-32-30-28-26-20-18-16-14-12-10-8-6-4-2/h6,8,12,14-15,17-18,20-22,24-25,47-48H,3-5,7,9-11,13,16,19,23,26-46,51H2,1-2H3,(H,53,54)(H,55,56)/b8-6-,14-12-,17-15-,20-18-,22-21-,25-24-. The van der Waals surface area contributed by atoms with E-state index in [0.29, 0.717) is 13.0 Å². The maximum Gasteiger partial charge on any atom is 0.472 e. The molecule has 0 spiro atoms. The van der Waals surface area contributed by atoms with Crippen molar-refractivity contribution in [3.05, 3.63) is 72.9 Å². The highest BCUT2D eigenvalue weighted by Crippen LogP contribution is 2.43. The Kier molecular flexibility index (Phi) is 43.5. The number of carbonyl (C=O) groups is 2. The second-order valence-corrected chi connectivity index (χ2v) is 17.3. The maximum absolute atomic E-state index is 12.7. The van der Waals surface area contributed by atoms with Crippen LogP contribution in [0.15, 0.2) is 72.9 Å². The number of aliphatic carboxylic acids is 1. The van der Waals surface area contributed by atoms with Crippen LogP contribution in [0.2, 0.25) is 0 Å². The van der Waals surface area contributed by atoms with Crippen molar-refractivity contribution in [3.63, 3.8) is 0 Å². The molecule has 0 radical (unpaired) electrons. The number of carbonyl (C=O) groups excluding carboxylic acids is 1. The van der Waals surface area contributed by atoms with Crippen LogP contribution in [0, 0.1) is 0 Å². The predicted octanol–water partition coefficient (Wildman–Crippen LogP) is 13.8. The molecule has 3 unspecified atom stereocenters. The van der Waals surface area contributed by atoms with Gasteiger partial charge in [0.05, 0.1) is 19.8 Å². The molecule has 0 aromatic rings. The van der Waals surface area contributed by atoms with Crippen LogP contribution >= 0.6 is 7.82 Å². The van der Waals surface area contributed by atoms with E-state index in [-0.39, 0.29) is 13.0 Å². The Bertz CT molecular complexity index is 1250. The lowest BCUT2D eigenvalue weighted by molar-refractivity contribution is -0.154. The third-order valence-corrected chi connectivity index (χ3v) is 10.9. The number of allylic oxidation sites excluding steroid dienone is 12. The van der Waals surface area contributed by atoms with E-state index in [1.807, 2.05) is 0 Å². The molecule has 0 bridgehead atoms. The molecule has 11 heteroatoms. The smallest absolute Gasteiger partial charge is 0.472 e. The van der Waals surface area contributed by atoms with Gasteiger partial charge in [-0.3, -0.25) is 18.6 Å². The van der Waals surface area contributed by atoms with Gasteiger partial charge < -0.3 is 25.2 Å². The summed E-state index contributed by atoms with van der Waals surface area (Å²) >= 11 is 0. The van der Waals surface area contributed by atoms with Crippen LogP contribution < -0.4 is 5.73 Å². The SMILES string of the molecule is CC/C=C\C/C=C\C/C=C\CCCCCCCCCC(=O)OC(COCCCCCCCCC/C=C\C/C=C\C/C=C\CCCCCCC)COP(=O)(O)OCC(N)C(=O)O. The summed E-state index contributed by atoms with van der Waals surface area (Å²) in [5.41, 5.74) is 5.36. The Labute approximate surface area is 372 Å². The van der Waals surface area contributed by atoms with Crippen LogP contribution in [-0.2, 0) is 32.7 Å². The van der Waals surface area contributed by atoms with Gasteiger partial charge in [0.25, 0.3) is 0 Å². The minimum atomic E-state index is -4.63. The molecule has 0 aliphatic carbocycles. The van der Waals surface area contributed by atoms with Crippen molar-refractivity contribution in [2.24, 2.45) is 5.73 Å². The van der Waals surface area contributed by atoms with Gasteiger partial charge in [-0.1, -0.05) is 177 Å². The van der Waals surface area contributed by atoms with Crippen molar-refractivity contribution in [2.45, 2.75) is 206 Å². The lowest BCUT2D eigenvalue weighted by Gasteiger charge is -2.20. The molecule has 10 nitrogen and oxygen atoms in total. The molecule has 0 rings (SSSR count). The summed E-state index contributed by atoms with van der Waals surface area (Å²) < 4.78 is 33.4. The van der Waals surface area contributed by atoms with E-state index in [1.54, 1.807) is 0 Å². The fraction of sp³-hybridized carbons (Fsp3) is 0.720. The number of hydrogen-bond acceptors (Lipinski definition) is 8. The number of ether oxygens (including phenoxy) is 2. The third kappa shape index (κ3) is 45.3. The molecular weight excluding hydrogens is 790 g/mol. The summed E-state index contributed by atoms with van der Waals surface area (Å²) in [6.45, 7) is 3.72. The van der Waals surface area contributed by atoms with Crippen LogP contribution in [-0.4, -0.2) is 60.5 Å². The Balaban J connectivity index is 4.22. The van der Waals surface area contributed by atoms with Gasteiger partial charge in [0, 0.05) is 13.0 Å². The lowest BCUT2D eigenvalue weighted by atomic mass is 10.1. The molecule has 3 atom stereocenters. The van der Waals surface area contributed by atoms with Crippen LogP contribution in [0.3, 0.4) is 0 Å². The van der Waals surface area contributed by atoms with E-state index >= 15 is 0 Å². The molecule has 0 amide bonds. The number of rotatable bonds is 45. The molecule has 0 aromatic carbocycles. The average Bonchev–Trinajstić information content (AvgIpc) is 3.24. The zero-order valence-electron chi connectivity index (χ0n) is 38.5.